The van der Waals surface area contributed by atoms with Crippen molar-refractivity contribution in [1.82, 2.24) is 4.98 Å². The van der Waals surface area contributed by atoms with Crippen LogP contribution in [0.15, 0.2) is 70.6 Å². The lowest BCUT2D eigenvalue weighted by molar-refractivity contribution is 0.834. The zero-order chi connectivity index (χ0) is 22.5. The van der Waals surface area contributed by atoms with Crippen molar-refractivity contribution in [2.45, 2.75) is 60.3 Å². The lowest BCUT2D eigenvalue weighted by Crippen LogP contribution is -2.07. The molecular weight excluding hydrogens is 378 g/mol. The van der Waals surface area contributed by atoms with Crippen molar-refractivity contribution in [2.24, 2.45) is 9.98 Å². The molecule has 0 unspecified atom stereocenters. The average molecular weight is 412 g/mol. The number of hydrogen-bond acceptors (Lipinski definition) is 3. The fourth-order valence-corrected chi connectivity index (χ4v) is 3.66. The molecule has 160 valence electrons. The Hall–Kier alpha value is -3.07. The number of benzene rings is 2. The van der Waals surface area contributed by atoms with Gasteiger partial charge < -0.3 is 0 Å². The van der Waals surface area contributed by atoms with Gasteiger partial charge in [0.2, 0.25) is 0 Å². The van der Waals surface area contributed by atoms with E-state index in [2.05, 4.69) is 71.9 Å². The molecule has 0 atom stereocenters. The smallest absolute Gasteiger partial charge is 0.0852 e. The molecule has 1 aromatic heterocycles. The number of aryl methyl sites for hydroxylation is 1. The minimum atomic E-state index is 0.409. The fourth-order valence-electron chi connectivity index (χ4n) is 3.66. The molecule has 0 N–H and O–H groups in total. The number of pyridine rings is 1. The van der Waals surface area contributed by atoms with E-state index in [9.17, 15) is 0 Å². The number of para-hydroxylation sites is 2. The summed E-state index contributed by atoms with van der Waals surface area (Å²) in [4.78, 5) is 14.8. The molecule has 2 aromatic carbocycles. The first kappa shape index (κ1) is 22.6. The minimum absolute atomic E-state index is 0.409. The van der Waals surface area contributed by atoms with Gasteiger partial charge in [0.05, 0.1) is 34.2 Å². The lowest BCUT2D eigenvalue weighted by Gasteiger charge is -2.17. The van der Waals surface area contributed by atoms with Crippen LogP contribution in [0.4, 0.5) is 11.4 Å². The maximum Gasteiger partial charge on any atom is 0.0852 e. The number of hydrogen-bond donors (Lipinski definition) is 0. The molecular formula is C28H33N3. The molecule has 0 aliphatic rings. The molecule has 0 bridgehead atoms. The molecule has 3 aromatic rings. The standard InChI is InChI=1S/C28H33N3/c1-18(2)24-14-11-15-25(19(3)4)28(24)30-22(7)27-17-20(5)16-26(31-27)21(6)29-23-12-9-8-10-13-23/h8-19H,1-7H3. The van der Waals surface area contributed by atoms with Crippen LogP contribution in [0.25, 0.3) is 0 Å². The third-order valence-electron chi connectivity index (χ3n) is 5.39. The molecule has 0 fully saturated rings. The number of aliphatic imine (C=N–C) groups is 2. The van der Waals surface area contributed by atoms with Crippen LogP contribution in [0.1, 0.15) is 81.5 Å². The summed E-state index contributed by atoms with van der Waals surface area (Å²) < 4.78 is 0. The first-order valence-electron chi connectivity index (χ1n) is 11.0. The predicted molar refractivity (Wildman–Crippen MR) is 134 cm³/mol. The van der Waals surface area contributed by atoms with Crippen LogP contribution in [-0.4, -0.2) is 16.4 Å². The van der Waals surface area contributed by atoms with Gasteiger partial charge in [-0.15, -0.1) is 0 Å². The predicted octanol–water partition coefficient (Wildman–Crippen LogP) is 7.92. The van der Waals surface area contributed by atoms with Gasteiger partial charge in [0, 0.05) is 0 Å². The maximum absolute atomic E-state index is 5.11. The highest BCUT2D eigenvalue weighted by Crippen LogP contribution is 2.35. The zero-order valence-corrected chi connectivity index (χ0v) is 19.8. The van der Waals surface area contributed by atoms with Crippen LogP contribution >= 0.6 is 0 Å². The Morgan fingerprint density at radius 2 is 1.23 bits per heavy atom. The second kappa shape index (κ2) is 9.82. The summed E-state index contributed by atoms with van der Waals surface area (Å²) in [5.74, 6) is 0.818. The van der Waals surface area contributed by atoms with Crippen LogP contribution in [0.3, 0.4) is 0 Å². The fraction of sp³-hybridized carbons (Fsp3) is 0.321. The Balaban J connectivity index is 2.07. The second-order valence-corrected chi connectivity index (χ2v) is 8.74. The Morgan fingerprint density at radius 1 is 0.710 bits per heavy atom. The highest BCUT2D eigenvalue weighted by molar-refractivity contribution is 6.02. The summed E-state index contributed by atoms with van der Waals surface area (Å²) in [6, 6.07) is 20.7. The van der Waals surface area contributed by atoms with Crippen molar-refractivity contribution in [3.63, 3.8) is 0 Å². The van der Waals surface area contributed by atoms with Gasteiger partial charge in [0.15, 0.2) is 0 Å². The third-order valence-corrected chi connectivity index (χ3v) is 5.39. The average Bonchev–Trinajstić information content (AvgIpc) is 2.73. The van der Waals surface area contributed by atoms with E-state index in [1.165, 1.54) is 11.1 Å². The number of aromatic nitrogens is 1. The molecule has 3 heteroatoms. The molecule has 3 rings (SSSR count). The van der Waals surface area contributed by atoms with E-state index in [1.807, 2.05) is 37.3 Å². The summed E-state index contributed by atoms with van der Waals surface area (Å²) in [5, 5.41) is 0. The highest BCUT2D eigenvalue weighted by Gasteiger charge is 2.14. The van der Waals surface area contributed by atoms with Crippen LogP contribution in [-0.2, 0) is 0 Å². The molecule has 0 saturated carbocycles. The quantitative estimate of drug-likeness (QED) is 0.380. The summed E-state index contributed by atoms with van der Waals surface area (Å²) in [7, 11) is 0. The van der Waals surface area contributed by atoms with E-state index in [1.54, 1.807) is 0 Å². The Morgan fingerprint density at radius 3 is 1.74 bits per heavy atom. The molecule has 31 heavy (non-hydrogen) atoms. The first-order chi connectivity index (χ1) is 14.8. The minimum Gasteiger partial charge on any atom is -0.252 e. The second-order valence-electron chi connectivity index (χ2n) is 8.74. The van der Waals surface area contributed by atoms with Crippen LogP contribution < -0.4 is 0 Å². The van der Waals surface area contributed by atoms with Gasteiger partial charge in [-0.1, -0.05) is 64.1 Å². The Kier molecular flexibility index (Phi) is 7.17. The van der Waals surface area contributed by atoms with Crippen molar-refractivity contribution in [3.8, 4) is 0 Å². The van der Waals surface area contributed by atoms with Gasteiger partial charge >= 0.3 is 0 Å². The number of nitrogens with zero attached hydrogens (tertiary/aromatic N) is 3. The summed E-state index contributed by atoms with van der Waals surface area (Å²) >= 11 is 0. The zero-order valence-electron chi connectivity index (χ0n) is 19.8. The van der Waals surface area contributed by atoms with E-state index < -0.39 is 0 Å². The van der Waals surface area contributed by atoms with Gasteiger partial charge in [0.1, 0.15) is 0 Å². The largest absolute Gasteiger partial charge is 0.252 e. The Labute approximate surface area is 187 Å². The van der Waals surface area contributed by atoms with Crippen LogP contribution in [0.2, 0.25) is 0 Å². The van der Waals surface area contributed by atoms with Crippen molar-refractivity contribution in [3.05, 3.63) is 88.7 Å². The van der Waals surface area contributed by atoms with E-state index in [0.29, 0.717) is 11.8 Å². The van der Waals surface area contributed by atoms with E-state index in [4.69, 9.17) is 15.0 Å². The molecule has 0 spiro atoms. The highest BCUT2D eigenvalue weighted by atomic mass is 14.8. The van der Waals surface area contributed by atoms with Gasteiger partial charge in [-0.3, -0.25) is 9.98 Å². The van der Waals surface area contributed by atoms with Gasteiger partial charge in [-0.25, -0.2) is 4.98 Å². The first-order valence-corrected chi connectivity index (χ1v) is 11.0. The molecule has 0 aliphatic heterocycles. The molecule has 0 saturated heterocycles. The number of rotatable bonds is 6. The van der Waals surface area contributed by atoms with Gasteiger partial charge in [0.25, 0.3) is 0 Å². The van der Waals surface area contributed by atoms with E-state index in [-0.39, 0.29) is 0 Å². The molecule has 0 radical (unpaired) electrons. The topological polar surface area (TPSA) is 37.6 Å². The summed E-state index contributed by atoms with van der Waals surface area (Å²) in [5.41, 5.74) is 9.33. The van der Waals surface area contributed by atoms with E-state index in [0.717, 1.165) is 39.7 Å². The maximum atomic E-state index is 5.11. The molecule has 0 amide bonds. The van der Waals surface area contributed by atoms with Crippen molar-refractivity contribution in [2.75, 3.05) is 0 Å². The van der Waals surface area contributed by atoms with Crippen molar-refractivity contribution in [1.29, 1.82) is 0 Å². The molecule has 1 heterocycles. The third kappa shape index (κ3) is 5.55. The summed E-state index contributed by atoms with van der Waals surface area (Å²) in [6.07, 6.45) is 0. The monoisotopic (exact) mass is 411 g/mol. The normalized spacial score (nSPS) is 12.7. The van der Waals surface area contributed by atoms with Crippen molar-refractivity contribution < 1.29 is 0 Å². The van der Waals surface area contributed by atoms with Gasteiger partial charge in [-0.2, -0.15) is 0 Å². The van der Waals surface area contributed by atoms with Gasteiger partial charge in [-0.05, 0) is 73.6 Å². The molecule has 3 nitrogen and oxygen atoms in total. The SMILES string of the molecule is CC(=Nc1ccccc1)c1cc(C)cc(C(C)=Nc2c(C(C)C)cccc2C(C)C)n1. The molecule has 0 aliphatic carbocycles. The Bertz CT molecular complexity index is 1080. The lowest BCUT2D eigenvalue weighted by atomic mass is 9.93. The van der Waals surface area contributed by atoms with Crippen LogP contribution in [0.5, 0.6) is 0 Å². The van der Waals surface area contributed by atoms with Crippen molar-refractivity contribution >= 4 is 22.8 Å². The van der Waals surface area contributed by atoms with E-state index >= 15 is 0 Å². The summed E-state index contributed by atoms with van der Waals surface area (Å²) in [6.45, 7) is 15.0. The van der Waals surface area contributed by atoms with Crippen LogP contribution in [0, 0.1) is 6.92 Å².